The van der Waals surface area contributed by atoms with Crippen LogP contribution in [0.2, 0.25) is 0 Å². The Morgan fingerprint density at radius 1 is 0.707 bits per heavy atom. The summed E-state index contributed by atoms with van der Waals surface area (Å²) in [7, 11) is 0. The van der Waals surface area contributed by atoms with Gasteiger partial charge in [0.05, 0.1) is 12.2 Å². The molecule has 3 heterocycles. The van der Waals surface area contributed by atoms with Crippen LogP contribution in [0, 0.1) is 0 Å². The van der Waals surface area contributed by atoms with Crippen molar-refractivity contribution in [3.05, 3.63) is 46.6 Å². The first kappa shape index (κ1) is 29.0. The molecule has 14 nitrogen and oxygen atoms in total. The number of benzene rings is 2. The molecule has 41 heavy (non-hydrogen) atoms. The third kappa shape index (κ3) is 5.31. The van der Waals surface area contributed by atoms with Gasteiger partial charge in [0.25, 0.3) is 0 Å². The van der Waals surface area contributed by atoms with E-state index in [0.29, 0.717) is 0 Å². The van der Waals surface area contributed by atoms with Gasteiger partial charge in [-0.05, 0) is 38.1 Å². The Hall–Kier alpha value is -3.47. The fraction of sp³-hybridized carbons (Fsp3) is 0.444. The van der Waals surface area contributed by atoms with Crippen LogP contribution < -0.4 is 14.9 Å². The number of aliphatic hydroxyl groups excluding tert-OH is 6. The Bertz CT molecular complexity index is 1460. The van der Waals surface area contributed by atoms with Crippen LogP contribution in [0.1, 0.15) is 13.8 Å². The van der Waals surface area contributed by atoms with Crippen molar-refractivity contribution in [2.24, 2.45) is 0 Å². The monoisotopic (exact) mass is 578 g/mol. The summed E-state index contributed by atoms with van der Waals surface area (Å²) in [4.78, 5) is 13.7. The van der Waals surface area contributed by atoms with Gasteiger partial charge in [-0.2, -0.15) is 0 Å². The van der Waals surface area contributed by atoms with Crippen LogP contribution in [0.4, 0.5) is 0 Å². The fourth-order valence-corrected chi connectivity index (χ4v) is 4.71. The minimum atomic E-state index is -1.76. The van der Waals surface area contributed by atoms with E-state index in [4.69, 9.17) is 23.4 Å². The predicted octanol–water partition coefficient (Wildman–Crippen LogP) is -0.716. The Kier molecular flexibility index (Phi) is 7.84. The molecule has 5 rings (SSSR count). The highest BCUT2D eigenvalue weighted by Gasteiger charge is 2.45. The molecule has 0 aliphatic carbocycles. The maximum atomic E-state index is 13.7. The molecule has 2 saturated heterocycles. The SMILES string of the molecule is C[C@@H]1O[C@@H](Oc2cc(O)c3c(=O)c(O[C@@H]4O[C@@H](C)[C@H](O)[C@@H](O)[C@H]4O)c(-c4ccc(O)cc4)oc3c2)[C@H](O)[C@H](O)[C@H]1O. The van der Waals surface area contributed by atoms with E-state index in [-0.39, 0.29) is 33.8 Å². The van der Waals surface area contributed by atoms with Crippen LogP contribution in [-0.4, -0.2) is 102 Å². The topological polar surface area (TPSA) is 229 Å². The number of phenolic OH excluding ortho intramolecular Hbond substituents is 2. The number of fused-ring (bicyclic) bond motifs is 1. The van der Waals surface area contributed by atoms with Crippen molar-refractivity contribution < 1.29 is 64.2 Å². The van der Waals surface area contributed by atoms with E-state index < -0.39 is 78.3 Å². The van der Waals surface area contributed by atoms with Crippen LogP contribution >= 0.6 is 0 Å². The van der Waals surface area contributed by atoms with Crippen molar-refractivity contribution in [3.63, 3.8) is 0 Å². The van der Waals surface area contributed by atoms with E-state index >= 15 is 0 Å². The number of aromatic hydroxyl groups is 2. The van der Waals surface area contributed by atoms with E-state index in [1.165, 1.54) is 44.2 Å². The highest BCUT2D eigenvalue weighted by Crippen LogP contribution is 2.38. The van der Waals surface area contributed by atoms with Gasteiger partial charge in [-0.1, -0.05) is 0 Å². The van der Waals surface area contributed by atoms with Gasteiger partial charge in [0.1, 0.15) is 64.8 Å². The molecule has 8 N–H and O–H groups in total. The van der Waals surface area contributed by atoms with Gasteiger partial charge in [0, 0.05) is 17.7 Å². The molecular weight excluding hydrogens is 548 g/mol. The maximum absolute atomic E-state index is 13.7. The van der Waals surface area contributed by atoms with Crippen LogP contribution in [0.25, 0.3) is 22.3 Å². The highest BCUT2D eigenvalue weighted by molar-refractivity contribution is 5.88. The van der Waals surface area contributed by atoms with E-state index in [2.05, 4.69) is 0 Å². The second kappa shape index (κ2) is 11.1. The molecule has 2 fully saturated rings. The molecule has 0 amide bonds. The van der Waals surface area contributed by atoms with Gasteiger partial charge in [-0.25, -0.2) is 0 Å². The zero-order chi connectivity index (χ0) is 29.7. The quantitative estimate of drug-likeness (QED) is 0.187. The average Bonchev–Trinajstić information content (AvgIpc) is 2.93. The van der Waals surface area contributed by atoms with E-state index in [1.54, 1.807) is 0 Å². The number of aliphatic hydroxyl groups is 6. The highest BCUT2D eigenvalue weighted by atomic mass is 16.7. The zero-order valence-corrected chi connectivity index (χ0v) is 21.8. The van der Waals surface area contributed by atoms with Crippen molar-refractivity contribution in [2.45, 2.75) is 75.3 Å². The summed E-state index contributed by atoms with van der Waals surface area (Å²) in [5.41, 5.74) is -0.865. The molecule has 14 heteroatoms. The molecule has 1 aromatic heterocycles. The maximum Gasteiger partial charge on any atom is 0.239 e. The van der Waals surface area contributed by atoms with Crippen LogP contribution in [-0.2, 0) is 9.47 Å². The number of hydrogen-bond acceptors (Lipinski definition) is 14. The van der Waals surface area contributed by atoms with Crippen molar-refractivity contribution in [2.75, 3.05) is 0 Å². The van der Waals surface area contributed by atoms with Gasteiger partial charge in [-0.15, -0.1) is 0 Å². The standard InChI is InChI=1S/C27H30O14/c1-9-17(30)20(33)22(35)26(37-9)39-13-7-14(29)16-15(8-13)40-24(11-3-5-12(28)6-4-11)25(19(16)32)41-27-23(36)21(34)18(31)10(2)38-27/h3-10,17-18,20-23,26-31,33-36H,1-2H3/t9-,10-,17-,18-,20+,21+,22+,23+,26-,27-/m0/s1. The molecule has 0 spiro atoms. The van der Waals surface area contributed by atoms with E-state index in [0.717, 1.165) is 6.07 Å². The summed E-state index contributed by atoms with van der Waals surface area (Å²) in [5, 5.41) is 81.1. The Morgan fingerprint density at radius 3 is 1.80 bits per heavy atom. The summed E-state index contributed by atoms with van der Waals surface area (Å²) in [6.07, 6.45) is -14.3. The molecule has 0 bridgehead atoms. The van der Waals surface area contributed by atoms with Gasteiger partial charge in [0.2, 0.25) is 23.8 Å². The lowest BCUT2D eigenvalue weighted by molar-refractivity contribution is -0.268. The number of phenols is 2. The number of hydrogen-bond donors (Lipinski definition) is 8. The summed E-state index contributed by atoms with van der Waals surface area (Å²) >= 11 is 0. The van der Waals surface area contributed by atoms with E-state index in [1.807, 2.05) is 0 Å². The van der Waals surface area contributed by atoms with Crippen molar-refractivity contribution in [1.82, 2.24) is 0 Å². The third-order valence-electron chi connectivity index (χ3n) is 7.14. The second-order valence-electron chi connectivity index (χ2n) is 10.1. The predicted molar refractivity (Wildman–Crippen MR) is 137 cm³/mol. The van der Waals surface area contributed by atoms with Crippen molar-refractivity contribution in [1.29, 1.82) is 0 Å². The molecule has 2 aromatic carbocycles. The van der Waals surface area contributed by atoms with Crippen molar-refractivity contribution >= 4 is 11.0 Å². The molecular formula is C27H30O14. The first-order chi connectivity index (χ1) is 19.4. The van der Waals surface area contributed by atoms with Gasteiger partial charge >= 0.3 is 0 Å². The van der Waals surface area contributed by atoms with Crippen LogP contribution in [0.3, 0.4) is 0 Å². The summed E-state index contributed by atoms with van der Waals surface area (Å²) in [5.74, 6) is -1.55. The second-order valence-corrected chi connectivity index (χ2v) is 10.1. The largest absolute Gasteiger partial charge is 0.508 e. The third-order valence-corrected chi connectivity index (χ3v) is 7.14. The summed E-state index contributed by atoms with van der Waals surface area (Å²) in [6, 6.07) is 7.71. The van der Waals surface area contributed by atoms with Gasteiger partial charge in [-0.3, -0.25) is 4.79 Å². The lowest BCUT2D eigenvalue weighted by Gasteiger charge is -2.39. The molecule has 222 valence electrons. The van der Waals surface area contributed by atoms with Gasteiger partial charge < -0.3 is 64.2 Å². The normalized spacial score (nSPS) is 34.0. The summed E-state index contributed by atoms with van der Waals surface area (Å²) < 4.78 is 28.2. The van der Waals surface area contributed by atoms with Crippen LogP contribution in [0.15, 0.2) is 45.6 Å². The molecule has 2 aliphatic heterocycles. The lowest BCUT2D eigenvalue weighted by Crippen LogP contribution is -2.58. The lowest BCUT2D eigenvalue weighted by atomic mass is 10.00. The molecule has 0 unspecified atom stereocenters. The molecule has 2 aliphatic rings. The first-order valence-electron chi connectivity index (χ1n) is 12.7. The number of rotatable bonds is 5. The van der Waals surface area contributed by atoms with Gasteiger partial charge in [0.15, 0.2) is 5.76 Å². The molecule has 3 aromatic rings. The number of ether oxygens (including phenoxy) is 4. The minimum Gasteiger partial charge on any atom is -0.508 e. The van der Waals surface area contributed by atoms with Crippen LogP contribution in [0.5, 0.6) is 23.0 Å². The first-order valence-corrected chi connectivity index (χ1v) is 12.7. The summed E-state index contributed by atoms with van der Waals surface area (Å²) in [6.45, 7) is 2.90. The average molecular weight is 579 g/mol. The molecule has 0 radical (unpaired) electrons. The Labute approximate surface area is 231 Å². The Morgan fingerprint density at radius 2 is 1.24 bits per heavy atom. The molecule has 10 atom stereocenters. The zero-order valence-electron chi connectivity index (χ0n) is 21.8. The van der Waals surface area contributed by atoms with E-state index in [9.17, 15) is 45.6 Å². The minimum absolute atomic E-state index is 0.0859. The molecule has 0 saturated carbocycles. The smallest absolute Gasteiger partial charge is 0.239 e. The fourth-order valence-electron chi connectivity index (χ4n) is 4.71. The Balaban J connectivity index is 1.58. The van der Waals surface area contributed by atoms with Crippen molar-refractivity contribution in [3.8, 4) is 34.3 Å².